The average molecular weight is 302 g/mol. The number of rotatable bonds is 3. The van der Waals surface area contributed by atoms with Gasteiger partial charge in [0.2, 0.25) is 0 Å². The van der Waals surface area contributed by atoms with Crippen molar-refractivity contribution in [3.63, 3.8) is 0 Å². The molecule has 0 spiro atoms. The third-order valence-corrected chi connectivity index (χ3v) is 4.84. The summed E-state index contributed by atoms with van der Waals surface area (Å²) in [5.41, 5.74) is 7.12. The van der Waals surface area contributed by atoms with Crippen LogP contribution in [0.15, 0.2) is 54.6 Å². The molecule has 0 heteroatoms. The van der Waals surface area contributed by atoms with Crippen LogP contribution in [0.25, 0.3) is 21.9 Å². The van der Waals surface area contributed by atoms with E-state index in [4.69, 9.17) is 0 Å². The van der Waals surface area contributed by atoms with Crippen LogP contribution in [0.1, 0.15) is 56.2 Å². The molecule has 0 bridgehead atoms. The van der Waals surface area contributed by atoms with E-state index in [-0.39, 0.29) is 0 Å². The summed E-state index contributed by atoms with van der Waals surface area (Å²) >= 11 is 0. The third-order valence-electron chi connectivity index (χ3n) is 4.84. The van der Waals surface area contributed by atoms with Gasteiger partial charge >= 0.3 is 0 Å². The molecule has 3 rings (SSSR count). The second-order valence-corrected chi connectivity index (χ2v) is 7.08. The van der Waals surface area contributed by atoms with Gasteiger partial charge in [-0.25, -0.2) is 0 Å². The van der Waals surface area contributed by atoms with E-state index < -0.39 is 0 Å². The molecule has 0 atom stereocenters. The van der Waals surface area contributed by atoms with E-state index in [1.54, 1.807) is 0 Å². The summed E-state index contributed by atoms with van der Waals surface area (Å²) in [6.45, 7) is 11.4. The molecule has 118 valence electrons. The molecular formula is C23H26. The first kappa shape index (κ1) is 15.8. The molecule has 3 aromatic rings. The molecule has 3 aromatic carbocycles. The SMILES string of the molecule is Cc1c(-c2c(C(C)C)cccc2C(C)C)ccc2ccccc12. The zero-order valence-corrected chi connectivity index (χ0v) is 14.9. The van der Waals surface area contributed by atoms with Gasteiger partial charge < -0.3 is 0 Å². The quantitative estimate of drug-likeness (QED) is 0.485. The lowest BCUT2D eigenvalue weighted by molar-refractivity contribution is 0.838. The van der Waals surface area contributed by atoms with Crippen molar-refractivity contribution in [1.29, 1.82) is 0 Å². The molecule has 0 heterocycles. The first-order chi connectivity index (χ1) is 11.0. The molecule has 0 unspecified atom stereocenters. The third kappa shape index (κ3) is 2.79. The summed E-state index contributed by atoms with van der Waals surface area (Å²) in [5.74, 6) is 1.05. The second-order valence-electron chi connectivity index (χ2n) is 7.08. The molecule has 0 aromatic heterocycles. The molecule has 23 heavy (non-hydrogen) atoms. The Kier molecular flexibility index (Phi) is 4.26. The van der Waals surface area contributed by atoms with Crippen molar-refractivity contribution < 1.29 is 0 Å². The molecular weight excluding hydrogens is 276 g/mol. The van der Waals surface area contributed by atoms with E-state index in [0.29, 0.717) is 11.8 Å². The van der Waals surface area contributed by atoms with Crippen LogP contribution in [-0.2, 0) is 0 Å². The van der Waals surface area contributed by atoms with Gasteiger partial charge in [0, 0.05) is 0 Å². The number of aryl methyl sites for hydroxylation is 1. The van der Waals surface area contributed by atoms with E-state index >= 15 is 0 Å². The van der Waals surface area contributed by atoms with Crippen molar-refractivity contribution in [3.05, 3.63) is 71.3 Å². The Morgan fingerprint density at radius 3 is 1.87 bits per heavy atom. The monoisotopic (exact) mass is 302 g/mol. The molecule has 0 radical (unpaired) electrons. The molecule has 0 fully saturated rings. The van der Waals surface area contributed by atoms with Crippen LogP contribution in [0.2, 0.25) is 0 Å². The minimum atomic E-state index is 0.523. The fourth-order valence-corrected chi connectivity index (χ4v) is 3.56. The summed E-state index contributed by atoms with van der Waals surface area (Å²) in [4.78, 5) is 0. The molecule has 0 aliphatic carbocycles. The van der Waals surface area contributed by atoms with Gasteiger partial charge in [-0.05, 0) is 57.3 Å². The number of hydrogen-bond donors (Lipinski definition) is 0. The smallest absolute Gasteiger partial charge is 0.0112 e. The Hall–Kier alpha value is -2.08. The summed E-state index contributed by atoms with van der Waals surface area (Å²) in [6, 6.07) is 20.1. The van der Waals surface area contributed by atoms with Gasteiger partial charge in [-0.2, -0.15) is 0 Å². The maximum absolute atomic E-state index is 2.31. The first-order valence-corrected chi connectivity index (χ1v) is 8.62. The standard InChI is InChI=1S/C23H26/c1-15(2)19-11-8-12-20(16(3)4)23(19)22-14-13-18-9-6-7-10-21(18)17(22)5/h6-16H,1-5H3. The van der Waals surface area contributed by atoms with Gasteiger partial charge in [-0.1, -0.05) is 82.3 Å². The van der Waals surface area contributed by atoms with Crippen LogP contribution < -0.4 is 0 Å². The highest BCUT2D eigenvalue weighted by molar-refractivity contribution is 5.92. The molecule has 0 nitrogen and oxygen atoms in total. The lowest BCUT2D eigenvalue weighted by atomic mass is 9.83. The number of hydrogen-bond acceptors (Lipinski definition) is 0. The highest BCUT2D eigenvalue weighted by Crippen LogP contribution is 2.39. The van der Waals surface area contributed by atoms with Crippen molar-refractivity contribution in [1.82, 2.24) is 0 Å². The maximum atomic E-state index is 2.31. The Balaban J connectivity index is 2.36. The van der Waals surface area contributed by atoms with Crippen molar-refractivity contribution in [2.45, 2.75) is 46.5 Å². The Morgan fingerprint density at radius 1 is 0.652 bits per heavy atom. The van der Waals surface area contributed by atoms with Crippen molar-refractivity contribution in [2.75, 3.05) is 0 Å². The molecule has 0 saturated heterocycles. The normalized spacial score (nSPS) is 11.6. The van der Waals surface area contributed by atoms with E-state index in [9.17, 15) is 0 Å². The highest BCUT2D eigenvalue weighted by Gasteiger charge is 2.17. The van der Waals surface area contributed by atoms with Gasteiger partial charge in [0.05, 0.1) is 0 Å². The zero-order chi connectivity index (χ0) is 16.6. The Bertz CT molecular complexity index is 812. The molecule has 0 amide bonds. The van der Waals surface area contributed by atoms with Crippen LogP contribution in [-0.4, -0.2) is 0 Å². The molecule has 0 aliphatic rings. The van der Waals surface area contributed by atoms with Gasteiger partial charge in [0.25, 0.3) is 0 Å². The second kappa shape index (κ2) is 6.20. The van der Waals surface area contributed by atoms with Gasteiger partial charge in [0.15, 0.2) is 0 Å². The van der Waals surface area contributed by atoms with E-state index in [2.05, 4.69) is 89.2 Å². The van der Waals surface area contributed by atoms with Crippen LogP contribution in [0.4, 0.5) is 0 Å². The van der Waals surface area contributed by atoms with Gasteiger partial charge in [-0.15, -0.1) is 0 Å². The van der Waals surface area contributed by atoms with E-state index in [0.717, 1.165) is 0 Å². The summed E-state index contributed by atoms with van der Waals surface area (Å²) < 4.78 is 0. The summed E-state index contributed by atoms with van der Waals surface area (Å²) in [7, 11) is 0. The summed E-state index contributed by atoms with van der Waals surface area (Å²) in [6.07, 6.45) is 0. The largest absolute Gasteiger partial charge is 0.0617 e. The van der Waals surface area contributed by atoms with Crippen molar-refractivity contribution in [2.24, 2.45) is 0 Å². The van der Waals surface area contributed by atoms with Crippen LogP contribution in [0, 0.1) is 6.92 Å². The minimum Gasteiger partial charge on any atom is -0.0617 e. The minimum absolute atomic E-state index is 0.523. The molecule has 0 aliphatic heterocycles. The van der Waals surface area contributed by atoms with Gasteiger partial charge in [-0.3, -0.25) is 0 Å². The highest BCUT2D eigenvalue weighted by atomic mass is 14.2. The van der Waals surface area contributed by atoms with E-state index in [1.165, 1.54) is 38.6 Å². The van der Waals surface area contributed by atoms with Crippen molar-refractivity contribution >= 4 is 10.8 Å². The molecule has 0 saturated carbocycles. The fraction of sp³-hybridized carbons (Fsp3) is 0.304. The average Bonchev–Trinajstić information content (AvgIpc) is 2.54. The number of benzene rings is 3. The predicted octanol–water partition coefficient (Wildman–Crippen LogP) is 7.06. The van der Waals surface area contributed by atoms with Crippen LogP contribution in [0.5, 0.6) is 0 Å². The Morgan fingerprint density at radius 2 is 1.26 bits per heavy atom. The van der Waals surface area contributed by atoms with Crippen LogP contribution >= 0.6 is 0 Å². The lowest BCUT2D eigenvalue weighted by Gasteiger charge is -2.22. The van der Waals surface area contributed by atoms with Crippen LogP contribution in [0.3, 0.4) is 0 Å². The van der Waals surface area contributed by atoms with E-state index in [1.807, 2.05) is 0 Å². The summed E-state index contributed by atoms with van der Waals surface area (Å²) in [5, 5.41) is 2.68. The zero-order valence-electron chi connectivity index (χ0n) is 14.9. The van der Waals surface area contributed by atoms with Gasteiger partial charge in [0.1, 0.15) is 0 Å². The fourth-order valence-electron chi connectivity index (χ4n) is 3.56. The van der Waals surface area contributed by atoms with Crippen molar-refractivity contribution in [3.8, 4) is 11.1 Å². The maximum Gasteiger partial charge on any atom is -0.0112 e. The lowest BCUT2D eigenvalue weighted by Crippen LogP contribution is -2.01. The molecule has 0 N–H and O–H groups in total. The predicted molar refractivity (Wildman–Crippen MR) is 102 cm³/mol. The first-order valence-electron chi connectivity index (χ1n) is 8.62. The topological polar surface area (TPSA) is 0 Å². The Labute approximate surface area is 140 Å². The number of fused-ring (bicyclic) bond motifs is 1.